The van der Waals surface area contributed by atoms with Gasteiger partial charge in [-0.3, -0.25) is 0 Å². The fraction of sp³-hybridized carbons (Fsp3) is 0.200. The normalized spacial score (nSPS) is 18.0. The third-order valence-electron chi connectivity index (χ3n) is 3.41. The molecule has 1 heterocycles. The number of anilines is 1. The molecule has 0 saturated carbocycles. The van der Waals surface area contributed by atoms with E-state index in [4.69, 9.17) is 0 Å². The maximum Gasteiger partial charge on any atom is 0.146 e. The minimum absolute atomic E-state index is 0.0626. The average molecular weight is 245 g/mol. The molecule has 1 aliphatic rings. The van der Waals surface area contributed by atoms with Gasteiger partial charge in [0.2, 0.25) is 0 Å². The van der Waals surface area contributed by atoms with Gasteiger partial charge in [0.25, 0.3) is 0 Å². The largest absolute Gasteiger partial charge is 0.382 e. The smallest absolute Gasteiger partial charge is 0.146 e. The number of hydrogen-bond acceptors (Lipinski definition) is 1. The Morgan fingerprint density at radius 2 is 1.89 bits per heavy atom. The molecular formula is C15H13F2N. The van der Waals surface area contributed by atoms with Gasteiger partial charge in [-0.05, 0) is 35.7 Å². The summed E-state index contributed by atoms with van der Waals surface area (Å²) < 4.78 is 27.0. The fourth-order valence-corrected chi connectivity index (χ4v) is 2.58. The summed E-state index contributed by atoms with van der Waals surface area (Å²) in [5.41, 5.74) is 2.37. The van der Waals surface area contributed by atoms with Gasteiger partial charge in [-0.15, -0.1) is 0 Å². The predicted octanol–water partition coefficient (Wildman–Crippen LogP) is 3.91. The Bertz CT molecular complexity index is 580. The minimum atomic E-state index is -0.246. The van der Waals surface area contributed by atoms with E-state index in [1.54, 1.807) is 12.1 Å². The first-order valence-electron chi connectivity index (χ1n) is 6.03. The molecule has 3 heteroatoms. The van der Waals surface area contributed by atoms with Gasteiger partial charge in [-0.1, -0.05) is 24.3 Å². The SMILES string of the molecule is Fc1cccc(C2CCNc3c(F)cccc32)c1. The number of para-hydroxylation sites is 1. The minimum Gasteiger partial charge on any atom is -0.382 e. The highest BCUT2D eigenvalue weighted by Crippen LogP contribution is 2.37. The molecule has 0 bridgehead atoms. The average Bonchev–Trinajstić information content (AvgIpc) is 2.39. The maximum absolute atomic E-state index is 13.7. The zero-order chi connectivity index (χ0) is 12.5. The van der Waals surface area contributed by atoms with E-state index in [0.717, 1.165) is 17.5 Å². The van der Waals surface area contributed by atoms with E-state index in [1.807, 2.05) is 12.1 Å². The van der Waals surface area contributed by atoms with Crippen molar-refractivity contribution in [1.29, 1.82) is 0 Å². The molecule has 0 aromatic heterocycles. The predicted molar refractivity (Wildman–Crippen MR) is 67.7 cm³/mol. The second-order valence-corrected chi connectivity index (χ2v) is 4.53. The molecule has 0 radical (unpaired) electrons. The zero-order valence-corrected chi connectivity index (χ0v) is 9.79. The molecule has 92 valence electrons. The third kappa shape index (κ3) is 1.86. The lowest BCUT2D eigenvalue weighted by atomic mass is 9.85. The zero-order valence-electron chi connectivity index (χ0n) is 9.79. The van der Waals surface area contributed by atoms with Gasteiger partial charge in [0.1, 0.15) is 11.6 Å². The lowest BCUT2D eigenvalue weighted by Crippen LogP contribution is -2.18. The molecule has 2 aromatic rings. The lowest BCUT2D eigenvalue weighted by molar-refractivity contribution is 0.608. The van der Waals surface area contributed by atoms with Gasteiger partial charge in [-0.2, -0.15) is 0 Å². The molecule has 1 atom stereocenters. The highest BCUT2D eigenvalue weighted by molar-refractivity contribution is 5.58. The van der Waals surface area contributed by atoms with Crippen LogP contribution in [-0.4, -0.2) is 6.54 Å². The van der Waals surface area contributed by atoms with E-state index in [-0.39, 0.29) is 17.6 Å². The number of halogens is 2. The van der Waals surface area contributed by atoms with Gasteiger partial charge < -0.3 is 5.32 Å². The Kier molecular flexibility index (Phi) is 2.74. The van der Waals surface area contributed by atoms with Crippen LogP contribution in [0.5, 0.6) is 0 Å². The summed E-state index contributed by atoms with van der Waals surface area (Å²) in [6, 6.07) is 11.6. The molecule has 2 aromatic carbocycles. The summed E-state index contributed by atoms with van der Waals surface area (Å²) >= 11 is 0. The van der Waals surface area contributed by atoms with Gasteiger partial charge in [0.15, 0.2) is 0 Å². The molecule has 1 N–H and O–H groups in total. The second-order valence-electron chi connectivity index (χ2n) is 4.53. The summed E-state index contributed by atoms with van der Waals surface area (Å²) in [6.07, 6.45) is 0.847. The fourth-order valence-electron chi connectivity index (χ4n) is 2.58. The molecule has 1 aliphatic heterocycles. The summed E-state index contributed by atoms with van der Waals surface area (Å²) in [5, 5.41) is 3.08. The summed E-state index contributed by atoms with van der Waals surface area (Å²) in [5.74, 6) is -0.426. The first-order chi connectivity index (χ1) is 8.75. The van der Waals surface area contributed by atoms with Crippen molar-refractivity contribution < 1.29 is 8.78 Å². The monoisotopic (exact) mass is 245 g/mol. The van der Waals surface area contributed by atoms with Crippen molar-refractivity contribution in [3.05, 3.63) is 65.2 Å². The Morgan fingerprint density at radius 3 is 2.72 bits per heavy atom. The van der Waals surface area contributed by atoms with Crippen LogP contribution in [-0.2, 0) is 0 Å². The molecule has 0 amide bonds. The van der Waals surface area contributed by atoms with Crippen LogP contribution in [0.1, 0.15) is 23.5 Å². The lowest BCUT2D eigenvalue weighted by Gasteiger charge is -2.27. The van der Waals surface area contributed by atoms with Crippen molar-refractivity contribution in [2.45, 2.75) is 12.3 Å². The summed E-state index contributed by atoms with van der Waals surface area (Å²) in [6.45, 7) is 0.703. The van der Waals surface area contributed by atoms with Crippen LogP contribution >= 0.6 is 0 Å². The van der Waals surface area contributed by atoms with Crippen molar-refractivity contribution in [3.8, 4) is 0 Å². The molecule has 0 aliphatic carbocycles. The van der Waals surface area contributed by atoms with Crippen LogP contribution in [0.25, 0.3) is 0 Å². The molecule has 1 unspecified atom stereocenters. The third-order valence-corrected chi connectivity index (χ3v) is 3.41. The number of nitrogens with one attached hydrogen (secondary N) is 1. The van der Waals surface area contributed by atoms with E-state index in [0.29, 0.717) is 12.2 Å². The van der Waals surface area contributed by atoms with E-state index in [9.17, 15) is 8.78 Å². The van der Waals surface area contributed by atoms with Gasteiger partial charge in [0.05, 0.1) is 5.69 Å². The van der Waals surface area contributed by atoms with E-state index in [1.165, 1.54) is 18.2 Å². The first-order valence-corrected chi connectivity index (χ1v) is 6.03. The van der Waals surface area contributed by atoms with Crippen LogP contribution < -0.4 is 5.32 Å². The van der Waals surface area contributed by atoms with Crippen molar-refractivity contribution in [3.63, 3.8) is 0 Å². The standard InChI is InChI=1S/C15H13F2N/c16-11-4-1-3-10(9-11)12-7-8-18-15-13(12)5-2-6-14(15)17/h1-6,9,12,18H,7-8H2. The maximum atomic E-state index is 13.7. The number of benzene rings is 2. The van der Waals surface area contributed by atoms with Crippen LogP contribution in [0.4, 0.5) is 14.5 Å². The first kappa shape index (κ1) is 11.2. The molecule has 3 rings (SSSR count). The van der Waals surface area contributed by atoms with E-state index in [2.05, 4.69) is 5.32 Å². The van der Waals surface area contributed by atoms with Crippen molar-refractivity contribution >= 4 is 5.69 Å². The quantitative estimate of drug-likeness (QED) is 0.803. The number of fused-ring (bicyclic) bond motifs is 1. The van der Waals surface area contributed by atoms with Crippen LogP contribution in [0, 0.1) is 11.6 Å². The van der Waals surface area contributed by atoms with Crippen molar-refractivity contribution in [2.75, 3.05) is 11.9 Å². The topological polar surface area (TPSA) is 12.0 Å². The Balaban J connectivity index is 2.09. The van der Waals surface area contributed by atoms with Gasteiger partial charge in [0, 0.05) is 12.5 Å². The summed E-state index contributed by atoms with van der Waals surface area (Å²) in [4.78, 5) is 0. The highest BCUT2D eigenvalue weighted by Gasteiger charge is 2.23. The Labute approximate surface area is 104 Å². The Morgan fingerprint density at radius 1 is 1.06 bits per heavy atom. The van der Waals surface area contributed by atoms with Crippen molar-refractivity contribution in [2.24, 2.45) is 0 Å². The van der Waals surface area contributed by atoms with Crippen LogP contribution in [0.15, 0.2) is 42.5 Å². The van der Waals surface area contributed by atoms with Gasteiger partial charge in [-0.25, -0.2) is 8.78 Å². The highest BCUT2D eigenvalue weighted by atomic mass is 19.1. The molecule has 0 fully saturated rings. The van der Waals surface area contributed by atoms with Crippen molar-refractivity contribution in [1.82, 2.24) is 0 Å². The molecule has 18 heavy (non-hydrogen) atoms. The van der Waals surface area contributed by atoms with Crippen LogP contribution in [0.2, 0.25) is 0 Å². The molecule has 0 spiro atoms. The van der Waals surface area contributed by atoms with Gasteiger partial charge >= 0.3 is 0 Å². The number of rotatable bonds is 1. The molecule has 0 saturated heterocycles. The molecular weight excluding hydrogens is 232 g/mol. The Hall–Kier alpha value is -1.90. The van der Waals surface area contributed by atoms with Crippen LogP contribution in [0.3, 0.4) is 0 Å². The number of hydrogen-bond donors (Lipinski definition) is 1. The van der Waals surface area contributed by atoms with E-state index >= 15 is 0 Å². The summed E-state index contributed by atoms with van der Waals surface area (Å²) in [7, 11) is 0. The van der Waals surface area contributed by atoms with E-state index < -0.39 is 0 Å². The molecule has 1 nitrogen and oxygen atoms in total. The second kappa shape index (κ2) is 4.41.